The Labute approximate surface area is 125 Å². The number of benzene rings is 1. The number of aryl methyl sites for hydroxylation is 2. The van der Waals surface area contributed by atoms with E-state index in [1.807, 2.05) is 26.0 Å². The number of likely N-dealkylation sites (N-methyl/N-ethyl adjacent to an activating group) is 1. The number of aromatic nitrogens is 2. The van der Waals surface area contributed by atoms with E-state index in [2.05, 4.69) is 40.6 Å². The third kappa shape index (κ3) is 3.78. The number of hydrogen-bond acceptors (Lipinski definition) is 3. The van der Waals surface area contributed by atoms with E-state index in [-0.39, 0.29) is 6.04 Å². The van der Waals surface area contributed by atoms with Gasteiger partial charge in [-0.05, 0) is 56.1 Å². The lowest BCUT2D eigenvalue weighted by atomic mass is 9.97. The fourth-order valence-corrected chi connectivity index (χ4v) is 2.44. The Morgan fingerprint density at radius 3 is 2.50 bits per heavy atom. The standard InChI is InChI=1S/C16H20ClN3/c1-4-18-16(10-13-5-7-14(17)8-6-13)15-9-11(2)19-20-12(15)3/h5-9,16,18H,4,10H2,1-3H3. The van der Waals surface area contributed by atoms with Gasteiger partial charge in [-0.25, -0.2) is 0 Å². The molecule has 1 aromatic carbocycles. The monoisotopic (exact) mass is 289 g/mol. The first-order valence-corrected chi connectivity index (χ1v) is 7.26. The first-order valence-electron chi connectivity index (χ1n) is 6.88. The van der Waals surface area contributed by atoms with Crippen LogP contribution in [0.25, 0.3) is 0 Å². The highest BCUT2D eigenvalue weighted by Crippen LogP contribution is 2.22. The van der Waals surface area contributed by atoms with Crippen molar-refractivity contribution in [3.63, 3.8) is 0 Å². The minimum atomic E-state index is 0.246. The van der Waals surface area contributed by atoms with Crippen molar-refractivity contribution in [3.8, 4) is 0 Å². The van der Waals surface area contributed by atoms with Gasteiger partial charge in [0.15, 0.2) is 0 Å². The van der Waals surface area contributed by atoms with Crippen molar-refractivity contribution in [3.05, 3.63) is 57.9 Å². The van der Waals surface area contributed by atoms with Crippen molar-refractivity contribution in [2.75, 3.05) is 6.54 Å². The number of nitrogens with one attached hydrogen (secondary N) is 1. The second kappa shape index (κ2) is 6.82. The van der Waals surface area contributed by atoms with Crippen LogP contribution in [0.2, 0.25) is 5.02 Å². The van der Waals surface area contributed by atoms with Crippen LogP contribution in [0.15, 0.2) is 30.3 Å². The Bertz CT molecular complexity index is 566. The summed E-state index contributed by atoms with van der Waals surface area (Å²) in [5, 5.41) is 12.6. The van der Waals surface area contributed by atoms with Crippen LogP contribution in [-0.4, -0.2) is 16.7 Å². The van der Waals surface area contributed by atoms with Crippen molar-refractivity contribution in [2.45, 2.75) is 33.2 Å². The molecule has 0 fully saturated rings. The largest absolute Gasteiger partial charge is 0.310 e. The van der Waals surface area contributed by atoms with E-state index in [0.29, 0.717) is 0 Å². The SMILES string of the molecule is CCNC(Cc1ccc(Cl)cc1)c1cc(C)nnc1C. The summed E-state index contributed by atoms with van der Waals surface area (Å²) in [7, 11) is 0. The first-order chi connectivity index (χ1) is 9.60. The van der Waals surface area contributed by atoms with E-state index < -0.39 is 0 Å². The van der Waals surface area contributed by atoms with Crippen LogP contribution in [0, 0.1) is 13.8 Å². The summed E-state index contributed by atoms with van der Waals surface area (Å²) in [6.07, 6.45) is 0.914. The lowest BCUT2D eigenvalue weighted by molar-refractivity contribution is 0.542. The second-order valence-corrected chi connectivity index (χ2v) is 5.40. The van der Waals surface area contributed by atoms with E-state index in [4.69, 9.17) is 11.6 Å². The van der Waals surface area contributed by atoms with Crippen molar-refractivity contribution < 1.29 is 0 Å². The highest BCUT2D eigenvalue weighted by atomic mass is 35.5. The fourth-order valence-electron chi connectivity index (χ4n) is 2.32. The van der Waals surface area contributed by atoms with Gasteiger partial charge < -0.3 is 5.32 Å². The molecular weight excluding hydrogens is 270 g/mol. The van der Waals surface area contributed by atoms with Crippen LogP contribution < -0.4 is 5.32 Å². The number of nitrogens with zero attached hydrogens (tertiary/aromatic N) is 2. The molecule has 1 atom stereocenters. The molecule has 0 radical (unpaired) electrons. The zero-order chi connectivity index (χ0) is 14.5. The Morgan fingerprint density at radius 1 is 1.15 bits per heavy atom. The topological polar surface area (TPSA) is 37.8 Å². The zero-order valence-corrected chi connectivity index (χ0v) is 12.9. The van der Waals surface area contributed by atoms with Gasteiger partial charge in [0.1, 0.15) is 0 Å². The van der Waals surface area contributed by atoms with Gasteiger partial charge in [0.2, 0.25) is 0 Å². The van der Waals surface area contributed by atoms with Crippen LogP contribution in [0.1, 0.15) is 35.5 Å². The molecule has 0 bridgehead atoms. The van der Waals surface area contributed by atoms with Gasteiger partial charge >= 0.3 is 0 Å². The average Bonchev–Trinajstić information content (AvgIpc) is 2.43. The molecule has 20 heavy (non-hydrogen) atoms. The second-order valence-electron chi connectivity index (χ2n) is 4.97. The minimum Gasteiger partial charge on any atom is -0.310 e. The average molecular weight is 290 g/mol. The molecule has 1 heterocycles. The van der Waals surface area contributed by atoms with Gasteiger partial charge in [0.05, 0.1) is 11.4 Å². The maximum atomic E-state index is 5.94. The predicted molar refractivity (Wildman–Crippen MR) is 83.1 cm³/mol. The fraction of sp³-hybridized carbons (Fsp3) is 0.375. The molecule has 0 spiro atoms. The van der Waals surface area contributed by atoms with Crippen LogP contribution in [0.4, 0.5) is 0 Å². The van der Waals surface area contributed by atoms with Gasteiger partial charge in [-0.2, -0.15) is 10.2 Å². The van der Waals surface area contributed by atoms with E-state index in [9.17, 15) is 0 Å². The Morgan fingerprint density at radius 2 is 1.85 bits per heavy atom. The van der Waals surface area contributed by atoms with Crippen LogP contribution in [-0.2, 0) is 6.42 Å². The molecular formula is C16H20ClN3. The summed E-state index contributed by atoms with van der Waals surface area (Å²) >= 11 is 5.94. The minimum absolute atomic E-state index is 0.246. The summed E-state index contributed by atoms with van der Waals surface area (Å²) in [6, 6.07) is 10.4. The van der Waals surface area contributed by atoms with E-state index in [0.717, 1.165) is 29.4 Å². The summed E-state index contributed by atoms with van der Waals surface area (Å²) in [4.78, 5) is 0. The van der Waals surface area contributed by atoms with Crippen molar-refractivity contribution >= 4 is 11.6 Å². The Hall–Kier alpha value is -1.45. The Kier molecular flexibility index (Phi) is 5.10. The molecule has 2 rings (SSSR count). The van der Waals surface area contributed by atoms with Gasteiger partial charge in [-0.3, -0.25) is 0 Å². The molecule has 3 nitrogen and oxygen atoms in total. The molecule has 0 saturated carbocycles. The third-order valence-electron chi connectivity index (χ3n) is 3.32. The summed E-state index contributed by atoms with van der Waals surface area (Å²) in [5.41, 5.74) is 4.41. The van der Waals surface area contributed by atoms with Crippen LogP contribution >= 0.6 is 11.6 Å². The molecule has 0 aliphatic carbocycles. The van der Waals surface area contributed by atoms with Crippen molar-refractivity contribution in [1.29, 1.82) is 0 Å². The number of rotatable bonds is 5. The molecule has 0 aliphatic rings. The molecule has 0 aliphatic heterocycles. The third-order valence-corrected chi connectivity index (χ3v) is 3.57. The predicted octanol–water partition coefficient (Wildman–Crippen LogP) is 3.64. The zero-order valence-electron chi connectivity index (χ0n) is 12.2. The van der Waals surface area contributed by atoms with Gasteiger partial charge in [-0.15, -0.1) is 0 Å². The first kappa shape index (κ1) is 14.9. The molecule has 0 saturated heterocycles. The number of halogens is 1. The summed E-state index contributed by atoms with van der Waals surface area (Å²) in [5.74, 6) is 0. The van der Waals surface area contributed by atoms with Crippen LogP contribution in [0.3, 0.4) is 0 Å². The summed E-state index contributed by atoms with van der Waals surface area (Å²) in [6.45, 7) is 7.01. The molecule has 1 unspecified atom stereocenters. The maximum absolute atomic E-state index is 5.94. The van der Waals surface area contributed by atoms with Crippen molar-refractivity contribution in [1.82, 2.24) is 15.5 Å². The van der Waals surface area contributed by atoms with E-state index in [1.165, 1.54) is 11.1 Å². The normalized spacial score (nSPS) is 12.4. The maximum Gasteiger partial charge on any atom is 0.0648 e. The number of hydrogen-bond donors (Lipinski definition) is 1. The highest BCUT2D eigenvalue weighted by molar-refractivity contribution is 6.30. The lowest BCUT2D eigenvalue weighted by Crippen LogP contribution is -2.24. The molecule has 0 amide bonds. The molecule has 1 N–H and O–H groups in total. The molecule has 1 aromatic heterocycles. The molecule has 2 aromatic rings. The van der Waals surface area contributed by atoms with E-state index >= 15 is 0 Å². The van der Waals surface area contributed by atoms with Crippen LogP contribution in [0.5, 0.6) is 0 Å². The Balaban J connectivity index is 2.26. The van der Waals surface area contributed by atoms with Crippen molar-refractivity contribution in [2.24, 2.45) is 0 Å². The van der Waals surface area contributed by atoms with Gasteiger partial charge in [0, 0.05) is 11.1 Å². The quantitative estimate of drug-likeness (QED) is 0.913. The van der Waals surface area contributed by atoms with Gasteiger partial charge in [-0.1, -0.05) is 30.7 Å². The molecule has 4 heteroatoms. The smallest absolute Gasteiger partial charge is 0.0648 e. The lowest BCUT2D eigenvalue weighted by Gasteiger charge is -2.20. The van der Waals surface area contributed by atoms with Gasteiger partial charge in [0.25, 0.3) is 0 Å². The summed E-state index contributed by atoms with van der Waals surface area (Å²) < 4.78 is 0. The van der Waals surface area contributed by atoms with E-state index in [1.54, 1.807) is 0 Å². The highest BCUT2D eigenvalue weighted by Gasteiger charge is 2.15. The molecule has 106 valence electrons.